The molecule has 0 heteroatoms. The van der Waals surface area contributed by atoms with E-state index in [1.807, 2.05) is 0 Å². The largest absolute Gasteiger partial charge is 0.0613 e. The second kappa shape index (κ2) is 6.36. The summed E-state index contributed by atoms with van der Waals surface area (Å²) in [4.78, 5) is 0. The number of rotatable bonds is 1. The molecule has 0 atom stereocenters. The van der Waals surface area contributed by atoms with Crippen LogP contribution in [0, 0.1) is 5.41 Å². The Morgan fingerprint density at radius 3 is 1.70 bits per heavy atom. The summed E-state index contributed by atoms with van der Waals surface area (Å²) < 4.78 is 0. The second-order valence-corrected chi connectivity index (χ2v) is 11.3. The summed E-state index contributed by atoms with van der Waals surface area (Å²) in [5, 5.41) is 0. The highest BCUT2D eigenvalue weighted by Gasteiger charge is 2.26. The van der Waals surface area contributed by atoms with E-state index in [4.69, 9.17) is 0 Å². The van der Waals surface area contributed by atoms with Crippen LogP contribution in [0.25, 0.3) is 17.2 Å². The number of allylic oxidation sites excluding steroid dienone is 1. The molecule has 2 aromatic carbocycles. The highest BCUT2D eigenvalue weighted by Crippen LogP contribution is 2.42. The smallest absolute Gasteiger partial charge is 0.00523 e. The molecule has 0 heterocycles. The third-order valence-electron chi connectivity index (χ3n) is 5.84. The number of hydrogen-bond donors (Lipinski definition) is 0. The molecule has 1 aliphatic carbocycles. The van der Waals surface area contributed by atoms with Gasteiger partial charge in [-0.05, 0) is 56.0 Å². The maximum Gasteiger partial charge on any atom is -0.00523 e. The molecule has 144 valence electrons. The molecule has 0 amide bonds. The van der Waals surface area contributed by atoms with Crippen LogP contribution in [0.4, 0.5) is 0 Å². The fourth-order valence-corrected chi connectivity index (χ4v) is 3.75. The summed E-state index contributed by atoms with van der Waals surface area (Å²) in [6.45, 7) is 20.8. The lowest BCUT2D eigenvalue weighted by Gasteiger charge is -2.26. The summed E-state index contributed by atoms with van der Waals surface area (Å²) in [5.74, 6) is 0. The van der Waals surface area contributed by atoms with E-state index in [9.17, 15) is 0 Å². The minimum Gasteiger partial charge on any atom is -0.0613 e. The lowest BCUT2D eigenvalue weighted by Crippen LogP contribution is -2.16. The molecule has 0 aliphatic heterocycles. The lowest BCUT2D eigenvalue weighted by atomic mass is 9.78. The van der Waals surface area contributed by atoms with E-state index in [0.29, 0.717) is 0 Å². The van der Waals surface area contributed by atoms with Gasteiger partial charge >= 0.3 is 0 Å². The molecule has 0 radical (unpaired) electrons. The maximum absolute atomic E-state index is 2.45. The number of hydrogen-bond acceptors (Lipinski definition) is 0. The third-order valence-corrected chi connectivity index (χ3v) is 5.84. The van der Waals surface area contributed by atoms with Gasteiger partial charge in [-0.1, -0.05) is 110 Å². The first kappa shape index (κ1) is 19.9. The number of benzene rings is 2. The van der Waals surface area contributed by atoms with Crippen molar-refractivity contribution in [2.75, 3.05) is 0 Å². The Kier molecular flexibility index (Phi) is 4.70. The molecule has 0 fully saturated rings. The first-order chi connectivity index (χ1) is 12.3. The van der Waals surface area contributed by atoms with Crippen LogP contribution in [-0.2, 0) is 17.3 Å². The molecule has 3 rings (SSSR count). The molecule has 0 unspecified atom stereocenters. The normalized spacial score (nSPS) is 14.9. The van der Waals surface area contributed by atoms with Crippen LogP contribution in [0.15, 0.2) is 42.0 Å². The fraction of sp³-hybridized carbons (Fsp3) is 0.481. The van der Waals surface area contributed by atoms with Gasteiger partial charge in [-0.15, -0.1) is 0 Å². The van der Waals surface area contributed by atoms with Gasteiger partial charge in [0.05, 0.1) is 0 Å². The van der Waals surface area contributed by atoms with Crippen LogP contribution >= 0.6 is 0 Å². The van der Waals surface area contributed by atoms with Gasteiger partial charge in [0.15, 0.2) is 0 Å². The molecular weight excluding hydrogens is 324 g/mol. The molecular formula is C27H36. The Labute approximate surface area is 166 Å². The predicted octanol–water partition coefficient (Wildman–Crippen LogP) is 7.93. The molecule has 0 aromatic heterocycles. The van der Waals surface area contributed by atoms with Crippen molar-refractivity contribution in [1.82, 2.24) is 0 Å². The maximum atomic E-state index is 2.45. The molecule has 27 heavy (non-hydrogen) atoms. The van der Waals surface area contributed by atoms with Crippen molar-refractivity contribution < 1.29 is 0 Å². The van der Waals surface area contributed by atoms with Crippen molar-refractivity contribution in [1.29, 1.82) is 0 Å². The first-order valence-electron chi connectivity index (χ1n) is 10.3. The lowest BCUT2D eigenvalue weighted by molar-refractivity contribution is 0.498. The topological polar surface area (TPSA) is 0 Å². The van der Waals surface area contributed by atoms with E-state index >= 15 is 0 Å². The van der Waals surface area contributed by atoms with Crippen molar-refractivity contribution in [3.63, 3.8) is 0 Å². The van der Waals surface area contributed by atoms with Gasteiger partial charge in [0.1, 0.15) is 0 Å². The predicted molar refractivity (Wildman–Crippen MR) is 120 cm³/mol. The zero-order chi connectivity index (χ0) is 20.2. The van der Waals surface area contributed by atoms with E-state index in [1.54, 1.807) is 0 Å². The van der Waals surface area contributed by atoms with E-state index in [0.717, 1.165) is 6.42 Å². The van der Waals surface area contributed by atoms with Gasteiger partial charge in [0, 0.05) is 0 Å². The summed E-state index contributed by atoms with van der Waals surface area (Å²) in [6, 6.07) is 14.1. The minimum absolute atomic E-state index is 0.139. The van der Waals surface area contributed by atoms with Crippen molar-refractivity contribution in [3.8, 4) is 11.1 Å². The molecule has 0 N–H and O–H groups in total. The van der Waals surface area contributed by atoms with Crippen LogP contribution in [0.3, 0.4) is 0 Å². The Morgan fingerprint density at radius 2 is 1.22 bits per heavy atom. The third kappa shape index (κ3) is 4.05. The minimum atomic E-state index is 0.139. The fourth-order valence-electron chi connectivity index (χ4n) is 3.75. The van der Waals surface area contributed by atoms with Crippen molar-refractivity contribution >= 4 is 6.08 Å². The van der Waals surface area contributed by atoms with E-state index in [2.05, 4.69) is 105 Å². The molecule has 0 saturated carbocycles. The van der Waals surface area contributed by atoms with Gasteiger partial charge in [-0.25, -0.2) is 0 Å². The molecule has 0 nitrogen and oxygen atoms in total. The summed E-state index contributed by atoms with van der Waals surface area (Å²) in [7, 11) is 0. The zero-order valence-electron chi connectivity index (χ0n) is 18.7. The van der Waals surface area contributed by atoms with Crippen LogP contribution in [-0.4, -0.2) is 0 Å². The average molecular weight is 361 g/mol. The summed E-state index contributed by atoms with van der Waals surface area (Å²) in [6.07, 6.45) is 3.53. The second-order valence-electron chi connectivity index (χ2n) is 11.3. The molecule has 1 aliphatic rings. The van der Waals surface area contributed by atoms with Crippen molar-refractivity contribution in [3.05, 3.63) is 64.2 Å². The molecule has 0 saturated heterocycles. The SMILES string of the molecule is CC(C)(C)C1=Cc2c(cccc2-c2cc(C(C)(C)C)cc(C(C)(C)C)c2)C1. The Balaban J connectivity index is 2.22. The van der Waals surface area contributed by atoms with Gasteiger partial charge in [-0.3, -0.25) is 0 Å². The Hall–Kier alpha value is -1.82. The van der Waals surface area contributed by atoms with E-state index in [-0.39, 0.29) is 16.2 Å². The van der Waals surface area contributed by atoms with Crippen LogP contribution in [0.1, 0.15) is 84.6 Å². The first-order valence-corrected chi connectivity index (χ1v) is 10.3. The van der Waals surface area contributed by atoms with E-state index in [1.165, 1.54) is 39.0 Å². The van der Waals surface area contributed by atoms with Crippen molar-refractivity contribution in [2.24, 2.45) is 5.41 Å². The quantitative estimate of drug-likeness (QED) is 0.484. The van der Waals surface area contributed by atoms with Crippen LogP contribution in [0.2, 0.25) is 0 Å². The summed E-state index contributed by atoms with van der Waals surface area (Å²) >= 11 is 0. The van der Waals surface area contributed by atoms with Crippen LogP contribution < -0.4 is 0 Å². The summed E-state index contributed by atoms with van der Waals surface area (Å²) in [5.41, 5.74) is 10.5. The highest BCUT2D eigenvalue weighted by molar-refractivity contribution is 5.82. The van der Waals surface area contributed by atoms with Gasteiger partial charge < -0.3 is 0 Å². The van der Waals surface area contributed by atoms with Gasteiger partial charge in [0.25, 0.3) is 0 Å². The molecule has 0 spiro atoms. The molecule has 0 bridgehead atoms. The Morgan fingerprint density at radius 1 is 0.667 bits per heavy atom. The van der Waals surface area contributed by atoms with E-state index < -0.39 is 0 Å². The highest BCUT2D eigenvalue weighted by atomic mass is 14.3. The number of fused-ring (bicyclic) bond motifs is 1. The monoisotopic (exact) mass is 360 g/mol. The van der Waals surface area contributed by atoms with Gasteiger partial charge in [-0.2, -0.15) is 0 Å². The van der Waals surface area contributed by atoms with Gasteiger partial charge in [0.2, 0.25) is 0 Å². The standard InChI is InChI=1S/C27H36/c1-25(2,3)20-14-19(15-21(16-20)26(4,5)6)23-12-10-11-18-13-22(17-24(18)23)27(7,8)9/h10-12,14-17H,13H2,1-9H3. The Bertz CT molecular complexity index is 855. The zero-order valence-corrected chi connectivity index (χ0v) is 18.7. The van der Waals surface area contributed by atoms with Crippen LogP contribution in [0.5, 0.6) is 0 Å². The average Bonchev–Trinajstić information content (AvgIpc) is 2.97. The molecule has 2 aromatic rings. The van der Waals surface area contributed by atoms with Crippen molar-refractivity contribution in [2.45, 2.75) is 79.6 Å².